The summed E-state index contributed by atoms with van der Waals surface area (Å²) < 4.78 is 5.99. The van der Waals surface area contributed by atoms with E-state index in [4.69, 9.17) is 4.74 Å². The van der Waals surface area contributed by atoms with Gasteiger partial charge in [-0.25, -0.2) is 9.78 Å². The van der Waals surface area contributed by atoms with Crippen LogP contribution in [-0.2, 0) is 0 Å². The number of ether oxygens (including phenoxy) is 1. The highest BCUT2D eigenvalue weighted by molar-refractivity contribution is 7.19. The van der Waals surface area contributed by atoms with Crippen LogP contribution in [0.4, 0.5) is 21.9 Å². The topological polar surface area (TPSA) is 67.3 Å². The Morgan fingerprint density at radius 1 is 1.03 bits per heavy atom. The highest BCUT2D eigenvalue weighted by Gasteiger charge is 2.30. The first kappa shape index (κ1) is 17.6. The van der Waals surface area contributed by atoms with Crippen LogP contribution in [0.15, 0.2) is 48.8 Å². The van der Waals surface area contributed by atoms with Crippen molar-refractivity contribution in [3.05, 3.63) is 64.9 Å². The molecule has 7 heteroatoms. The van der Waals surface area contributed by atoms with E-state index in [1.807, 2.05) is 57.2 Å². The second kappa shape index (κ2) is 6.56. The fourth-order valence-corrected chi connectivity index (χ4v) is 4.58. The molecule has 1 aliphatic heterocycles. The molecule has 4 heterocycles. The minimum atomic E-state index is -0.175. The summed E-state index contributed by atoms with van der Waals surface area (Å²) >= 11 is 1.59. The lowest BCUT2D eigenvalue weighted by molar-refractivity contribution is 0.259. The SMILES string of the molecule is Cc1cc(Oc2cccnc2C)ccc1N1C(=O)Nc2c(C)sc3nccc1c23. The summed E-state index contributed by atoms with van der Waals surface area (Å²) in [5.41, 5.74) is 4.26. The smallest absolute Gasteiger partial charge is 0.331 e. The summed E-state index contributed by atoms with van der Waals surface area (Å²) in [6.45, 7) is 5.88. The summed E-state index contributed by atoms with van der Waals surface area (Å²) in [6, 6.07) is 11.2. The number of hydrogen-bond donors (Lipinski definition) is 1. The number of anilines is 3. The van der Waals surface area contributed by atoms with Crippen LogP contribution in [0, 0.1) is 20.8 Å². The van der Waals surface area contributed by atoms with E-state index < -0.39 is 0 Å². The third-order valence-corrected chi connectivity index (χ3v) is 6.03. The Hall–Kier alpha value is -3.45. The van der Waals surface area contributed by atoms with Crippen molar-refractivity contribution in [1.29, 1.82) is 0 Å². The van der Waals surface area contributed by atoms with Crippen molar-refractivity contribution in [3.63, 3.8) is 0 Å². The molecular weight excluding hydrogens is 384 g/mol. The normalized spacial score (nSPS) is 12.9. The van der Waals surface area contributed by atoms with Gasteiger partial charge in [0.15, 0.2) is 0 Å². The molecule has 0 aliphatic carbocycles. The van der Waals surface area contributed by atoms with Gasteiger partial charge in [0.05, 0.1) is 28.1 Å². The van der Waals surface area contributed by atoms with Gasteiger partial charge in [-0.15, -0.1) is 11.3 Å². The molecule has 1 aliphatic rings. The molecule has 3 aromatic heterocycles. The first-order valence-corrected chi connectivity index (χ1v) is 10.0. The number of rotatable bonds is 3. The van der Waals surface area contributed by atoms with Crippen LogP contribution < -0.4 is 15.0 Å². The highest BCUT2D eigenvalue weighted by atomic mass is 32.1. The Morgan fingerprint density at radius 3 is 2.69 bits per heavy atom. The fraction of sp³-hybridized carbons (Fsp3) is 0.136. The molecule has 29 heavy (non-hydrogen) atoms. The number of urea groups is 1. The third-order valence-electron chi connectivity index (χ3n) is 5.02. The van der Waals surface area contributed by atoms with Crippen molar-refractivity contribution in [2.24, 2.45) is 0 Å². The number of aryl methyl sites for hydroxylation is 3. The van der Waals surface area contributed by atoms with E-state index in [0.717, 1.165) is 43.4 Å². The van der Waals surface area contributed by atoms with Gasteiger partial charge in [-0.2, -0.15) is 0 Å². The molecule has 0 spiro atoms. The maximum Gasteiger partial charge on any atom is 0.331 e. The average molecular weight is 402 g/mol. The Labute approximate surface area is 171 Å². The van der Waals surface area contributed by atoms with Crippen molar-refractivity contribution < 1.29 is 9.53 Å². The van der Waals surface area contributed by atoms with Gasteiger partial charge >= 0.3 is 6.03 Å². The number of nitrogens with zero attached hydrogens (tertiary/aromatic N) is 3. The molecule has 0 atom stereocenters. The zero-order valence-electron chi connectivity index (χ0n) is 16.2. The van der Waals surface area contributed by atoms with Crippen molar-refractivity contribution in [3.8, 4) is 11.5 Å². The van der Waals surface area contributed by atoms with E-state index in [-0.39, 0.29) is 6.03 Å². The molecule has 0 unspecified atom stereocenters. The molecule has 1 N–H and O–H groups in total. The number of carbonyl (C=O) groups is 1. The van der Waals surface area contributed by atoms with Crippen LogP contribution in [0.2, 0.25) is 0 Å². The first-order valence-electron chi connectivity index (χ1n) is 9.22. The van der Waals surface area contributed by atoms with Crippen molar-refractivity contribution in [2.45, 2.75) is 20.8 Å². The maximum atomic E-state index is 13.0. The predicted octanol–water partition coefficient (Wildman–Crippen LogP) is 6.09. The second-order valence-corrected chi connectivity index (χ2v) is 8.15. The molecule has 0 saturated carbocycles. The number of hydrogen-bond acceptors (Lipinski definition) is 5. The van der Waals surface area contributed by atoms with Crippen molar-refractivity contribution >= 4 is 44.6 Å². The van der Waals surface area contributed by atoms with Crippen LogP contribution in [0.1, 0.15) is 16.1 Å². The summed E-state index contributed by atoms with van der Waals surface area (Å²) in [6.07, 6.45) is 3.49. The first-order chi connectivity index (χ1) is 14.0. The largest absolute Gasteiger partial charge is 0.455 e. The summed E-state index contributed by atoms with van der Waals surface area (Å²) in [4.78, 5) is 25.4. The Morgan fingerprint density at radius 2 is 1.90 bits per heavy atom. The van der Waals surface area contributed by atoms with Gasteiger partial charge in [-0.05, 0) is 62.7 Å². The monoisotopic (exact) mass is 402 g/mol. The Balaban J connectivity index is 1.57. The number of aromatic nitrogens is 2. The van der Waals surface area contributed by atoms with E-state index in [1.165, 1.54) is 0 Å². The number of pyridine rings is 2. The molecule has 1 aromatic carbocycles. The molecule has 0 saturated heterocycles. The average Bonchev–Trinajstić information content (AvgIpc) is 3.01. The second-order valence-electron chi connectivity index (χ2n) is 6.95. The van der Waals surface area contributed by atoms with Crippen LogP contribution in [0.5, 0.6) is 11.5 Å². The minimum absolute atomic E-state index is 0.175. The molecular formula is C22H18N4O2S. The summed E-state index contributed by atoms with van der Waals surface area (Å²) in [5, 5.41) is 4.01. The van der Waals surface area contributed by atoms with E-state index in [0.29, 0.717) is 11.5 Å². The lowest BCUT2D eigenvalue weighted by atomic mass is 10.1. The van der Waals surface area contributed by atoms with Gasteiger partial charge in [-0.1, -0.05) is 0 Å². The zero-order valence-corrected chi connectivity index (χ0v) is 17.0. The highest BCUT2D eigenvalue weighted by Crippen LogP contribution is 2.46. The van der Waals surface area contributed by atoms with Crippen LogP contribution in [-0.4, -0.2) is 16.0 Å². The summed E-state index contributed by atoms with van der Waals surface area (Å²) in [5.74, 6) is 1.41. The predicted molar refractivity (Wildman–Crippen MR) is 116 cm³/mol. The summed E-state index contributed by atoms with van der Waals surface area (Å²) in [7, 11) is 0. The third kappa shape index (κ3) is 2.82. The molecule has 0 radical (unpaired) electrons. The minimum Gasteiger partial charge on any atom is -0.455 e. The zero-order chi connectivity index (χ0) is 20.1. The Kier molecular flexibility index (Phi) is 3.99. The van der Waals surface area contributed by atoms with Gasteiger partial charge in [0.25, 0.3) is 0 Å². The molecule has 0 fully saturated rings. The molecule has 4 aromatic rings. The van der Waals surface area contributed by atoms with E-state index in [2.05, 4.69) is 15.3 Å². The number of amides is 2. The number of thiophene rings is 1. The number of benzene rings is 1. The maximum absolute atomic E-state index is 13.0. The molecule has 2 amide bonds. The van der Waals surface area contributed by atoms with Gasteiger partial charge in [0, 0.05) is 17.3 Å². The van der Waals surface area contributed by atoms with Crippen molar-refractivity contribution in [1.82, 2.24) is 9.97 Å². The van der Waals surface area contributed by atoms with Gasteiger partial charge in [0.2, 0.25) is 0 Å². The standard InChI is InChI=1S/C22H18N4O2S/c1-12-11-15(28-18-5-4-9-23-13(18)2)6-7-16(12)26-17-8-10-24-21-19(17)20(14(3)29-21)25-22(26)27/h4-11H,1-3H3,(H,25,27). The fourth-order valence-electron chi connectivity index (χ4n) is 3.61. The van der Waals surface area contributed by atoms with E-state index >= 15 is 0 Å². The van der Waals surface area contributed by atoms with Crippen LogP contribution in [0.3, 0.4) is 0 Å². The van der Waals surface area contributed by atoms with E-state index in [9.17, 15) is 4.79 Å². The van der Waals surface area contributed by atoms with Crippen LogP contribution in [0.25, 0.3) is 10.2 Å². The molecule has 144 valence electrons. The molecule has 0 bridgehead atoms. The lowest BCUT2D eigenvalue weighted by Crippen LogP contribution is -2.34. The van der Waals surface area contributed by atoms with Gasteiger partial charge in [0.1, 0.15) is 16.3 Å². The number of nitrogens with one attached hydrogen (secondary N) is 1. The van der Waals surface area contributed by atoms with Gasteiger partial charge in [-0.3, -0.25) is 9.88 Å². The van der Waals surface area contributed by atoms with E-state index in [1.54, 1.807) is 28.6 Å². The Bertz CT molecular complexity index is 1280. The molecule has 5 rings (SSSR count). The van der Waals surface area contributed by atoms with Gasteiger partial charge < -0.3 is 10.1 Å². The lowest BCUT2D eigenvalue weighted by Gasteiger charge is -2.29. The van der Waals surface area contributed by atoms with Crippen LogP contribution >= 0.6 is 11.3 Å². The number of carbonyl (C=O) groups excluding carboxylic acids is 1. The molecule has 6 nitrogen and oxygen atoms in total. The van der Waals surface area contributed by atoms with Crippen molar-refractivity contribution in [2.75, 3.05) is 10.2 Å². The quantitative estimate of drug-likeness (QED) is 0.450.